The molecular formula is C10H18N4O3. The third kappa shape index (κ3) is 3.24. The maximum atomic E-state index is 11.6. The van der Waals surface area contributed by atoms with Gasteiger partial charge in [-0.25, -0.2) is 9.48 Å². The Bertz CT molecular complexity index is 378. The monoisotopic (exact) mass is 242 g/mol. The van der Waals surface area contributed by atoms with Crippen molar-refractivity contribution in [3.8, 4) is 0 Å². The molecule has 0 aliphatic heterocycles. The molecule has 0 aromatic carbocycles. The first kappa shape index (κ1) is 13.6. The van der Waals surface area contributed by atoms with Gasteiger partial charge in [-0.2, -0.15) is 0 Å². The van der Waals surface area contributed by atoms with Crippen molar-refractivity contribution in [1.29, 1.82) is 0 Å². The molecule has 1 aromatic heterocycles. The van der Waals surface area contributed by atoms with Crippen LogP contribution in [0.1, 0.15) is 30.0 Å². The van der Waals surface area contributed by atoms with E-state index >= 15 is 0 Å². The highest BCUT2D eigenvalue weighted by Crippen LogP contribution is 2.09. The highest BCUT2D eigenvalue weighted by Gasteiger charge is 2.20. The van der Waals surface area contributed by atoms with E-state index in [0.29, 0.717) is 12.2 Å². The van der Waals surface area contributed by atoms with Gasteiger partial charge >= 0.3 is 5.97 Å². The molecule has 7 heteroatoms. The van der Waals surface area contributed by atoms with Crippen molar-refractivity contribution in [3.63, 3.8) is 0 Å². The van der Waals surface area contributed by atoms with Crippen molar-refractivity contribution < 1.29 is 14.6 Å². The molecule has 0 fully saturated rings. The molecule has 0 amide bonds. The first-order valence-corrected chi connectivity index (χ1v) is 5.54. The molecule has 96 valence electrons. The Morgan fingerprint density at radius 1 is 1.65 bits per heavy atom. The normalized spacial score (nSPS) is 12.5. The molecule has 0 aliphatic rings. The van der Waals surface area contributed by atoms with Gasteiger partial charge in [0.25, 0.3) is 0 Å². The number of rotatable bonds is 6. The maximum Gasteiger partial charge on any atom is 0.360 e. The Labute approximate surface area is 99.6 Å². The van der Waals surface area contributed by atoms with Crippen LogP contribution in [0, 0.1) is 5.92 Å². The topological polar surface area (TPSA) is 103 Å². The van der Waals surface area contributed by atoms with Crippen LogP contribution in [0.25, 0.3) is 0 Å². The molecule has 0 bridgehead atoms. The largest absolute Gasteiger partial charge is 0.461 e. The second-order valence-corrected chi connectivity index (χ2v) is 3.78. The van der Waals surface area contributed by atoms with E-state index in [-0.39, 0.29) is 31.4 Å². The summed E-state index contributed by atoms with van der Waals surface area (Å²) in [6.07, 6.45) is 0. The Hall–Kier alpha value is -1.47. The van der Waals surface area contributed by atoms with Crippen LogP contribution in [-0.4, -0.2) is 39.3 Å². The first-order chi connectivity index (χ1) is 8.13. The van der Waals surface area contributed by atoms with Gasteiger partial charge in [-0.05, 0) is 12.8 Å². The lowest BCUT2D eigenvalue weighted by molar-refractivity contribution is 0.0518. The minimum absolute atomic E-state index is 0.0250. The van der Waals surface area contributed by atoms with Crippen LogP contribution in [0.15, 0.2) is 0 Å². The van der Waals surface area contributed by atoms with Crippen LogP contribution in [0.5, 0.6) is 0 Å². The van der Waals surface area contributed by atoms with Crippen LogP contribution in [0.4, 0.5) is 0 Å². The molecule has 0 saturated carbocycles. The molecule has 0 aliphatic carbocycles. The van der Waals surface area contributed by atoms with Gasteiger partial charge in [-0.3, -0.25) is 0 Å². The van der Waals surface area contributed by atoms with Gasteiger partial charge in [-0.15, -0.1) is 5.10 Å². The molecule has 1 heterocycles. The van der Waals surface area contributed by atoms with Crippen LogP contribution in [-0.2, 0) is 17.8 Å². The van der Waals surface area contributed by atoms with Crippen LogP contribution in [0.2, 0.25) is 0 Å². The zero-order chi connectivity index (χ0) is 12.8. The molecule has 1 atom stereocenters. The highest BCUT2D eigenvalue weighted by molar-refractivity contribution is 5.88. The first-order valence-electron chi connectivity index (χ1n) is 5.54. The number of carbonyl (C=O) groups is 1. The summed E-state index contributed by atoms with van der Waals surface area (Å²) in [7, 11) is 0. The Morgan fingerprint density at radius 3 is 2.88 bits per heavy atom. The number of aliphatic hydroxyl groups is 1. The molecule has 17 heavy (non-hydrogen) atoms. The summed E-state index contributed by atoms with van der Waals surface area (Å²) in [6.45, 7) is 4.53. The van der Waals surface area contributed by atoms with Crippen LogP contribution < -0.4 is 5.73 Å². The van der Waals surface area contributed by atoms with E-state index in [0.717, 1.165) is 0 Å². The predicted molar refractivity (Wildman–Crippen MR) is 60.1 cm³/mol. The van der Waals surface area contributed by atoms with Gasteiger partial charge in [0.2, 0.25) is 0 Å². The molecular weight excluding hydrogens is 224 g/mol. The minimum Gasteiger partial charge on any atom is -0.461 e. The van der Waals surface area contributed by atoms with E-state index in [2.05, 4.69) is 10.3 Å². The number of aromatic nitrogens is 3. The maximum absolute atomic E-state index is 11.6. The fraction of sp³-hybridized carbons (Fsp3) is 0.700. The highest BCUT2D eigenvalue weighted by atomic mass is 16.5. The lowest BCUT2D eigenvalue weighted by atomic mass is 10.2. The van der Waals surface area contributed by atoms with Crippen molar-refractivity contribution >= 4 is 5.97 Å². The third-order valence-electron chi connectivity index (χ3n) is 2.30. The zero-order valence-electron chi connectivity index (χ0n) is 10.1. The number of esters is 1. The number of carbonyl (C=O) groups excluding carboxylic acids is 1. The van der Waals surface area contributed by atoms with Crippen molar-refractivity contribution in [1.82, 2.24) is 15.0 Å². The van der Waals surface area contributed by atoms with Crippen molar-refractivity contribution in [2.75, 3.05) is 13.2 Å². The summed E-state index contributed by atoms with van der Waals surface area (Å²) in [5, 5.41) is 16.6. The number of hydrogen-bond acceptors (Lipinski definition) is 6. The molecule has 1 aromatic rings. The Kier molecular flexibility index (Phi) is 5.05. The van der Waals surface area contributed by atoms with E-state index in [4.69, 9.17) is 15.6 Å². The Balaban J connectivity index is 2.90. The molecule has 0 spiro atoms. The van der Waals surface area contributed by atoms with Gasteiger partial charge < -0.3 is 15.6 Å². The fourth-order valence-electron chi connectivity index (χ4n) is 1.39. The fourth-order valence-corrected chi connectivity index (χ4v) is 1.39. The Morgan fingerprint density at radius 2 is 2.35 bits per heavy atom. The molecule has 0 saturated heterocycles. The predicted octanol–water partition coefficient (Wildman–Crippen LogP) is -0.458. The van der Waals surface area contributed by atoms with Gasteiger partial charge in [-0.1, -0.05) is 12.1 Å². The summed E-state index contributed by atoms with van der Waals surface area (Å²) in [5.74, 6) is -0.493. The van der Waals surface area contributed by atoms with E-state index < -0.39 is 5.97 Å². The van der Waals surface area contributed by atoms with Gasteiger partial charge in [0.05, 0.1) is 12.3 Å². The summed E-state index contributed by atoms with van der Waals surface area (Å²) in [6, 6.07) is 0. The molecule has 0 radical (unpaired) electrons. The van der Waals surface area contributed by atoms with Crippen molar-refractivity contribution in [2.24, 2.45) is 11.7 Å². The number of aliphatic hydroxyl groups excluding tert-OH is 1. The van der Waals surface area contributed by atoms with Gasteiger partial charge in [0.15, 0.2) is 5.69 Å². The molecule has 7 nitrogen and oxygen atoms in total. The molecule has 1 rings (SSSR count). The van der Waals surface area contributed by atoms with Crippen molar-refractivity contribution in [3.05, 3.63) is 11.4 Å². The second kappa shape index (κ2) is 6.31. The lowest BCUT2D eigenvalue weighted by Crippen LogP contribution is -2.18. The van der Waals surface area contributed by atoms with Gasteiger partial charge in [0, 0.05) is 19.7 Å². The van der Waals surface area contributed by atoms with E-state index in [1.807, 2.05) is 6.92 Å². The quantitative estimate of drug-likeness (QED) is 0.654. The van der Waals surface area contributed by atoms with E-state index in [1.165, 1.54) is 4.68 Å². The zero-order valence-corrected chi connectivity index (χ0v) is 10.1. The van der Waals surface area contributed by atoms with Crippen LogP contribution in [0.3, 0.4) is 0 Å². The summed E-state index contributed by atoms with van der Waals surface area (Å²) >= 11 is 0. The second-order valence-electron chi connectivity index (χ2n) is 3.78. The van der Waals surface area contributed by atoms with E-state index in [1.54, 1.807) is 6.92 Å². The van der Waals surface area contributed by atoms with E-state index in [9.17, 15) is 4.79 Å². The number of hydrogen-bond donors (Lipinski definition) is 2. The third-order valence-corrected chi connectivity index (χ3v) is 2.30. The minimum atomic E-state index is -0.518. The number of nitrogens with two attached hydrogens (primary N) is 1. The molecule has 3 N–H and O–H groups in total. The molecule has 1 unspecified atom stereocenters. The SMILES string of the molecule is CCOC(=O)c1nnn(CC(C)CO)c1CN. The summed E-state index contributed by atoms with van der Waals surface area (Å²) in [5.41, 5.74) is 6.26. The smallest absolute Gasteiger partial charge is 0.360 e. The average molecular weight is 242 g/mol. The average Bonchev–Trinajstić information content (AvgIpc) is 2.72. The van der Waals surface area contributed by atoms with Crippen LogP contribution >= 0.6 is 0 Å². The summed E-state index contributed by atoms with van der Waals surface area (Å²) < 4.78 is 6.39. The van der Waals surface area contributed by atoms with Crippen molar-refractivity contribution in [2.45, 2.75) is 26.9 Å². The standard InChI is InChI=1S/C10H18N4O3/c1-3-17-10(16)9-8(4-11)14(13-12-9)5-7(2)6-15/h7,15H,3-6,11H2,1-2H3. The number of nitrogens with zero attached hydrogens (tertiary/aromatic N) is 3. The summed E-state index contributed by atoms with van der Waals surface area (Å²) in [4.78, 5) is 11.6. The number of ether oxygens (including phenoxy) is 1. The lowest BCUT2D eigenvalue weighted by Gasteiger charge is -2.09. The van der Waals surface area contributed by atoms with Gasteiger partial charge in [0.1, 0.15) is 0 Å².